The van der Waals surface area contributed by atoms with Crippen LogP contribution in [0, 0.1) is 0 Å². The predicted octanol–water partition coefficient (Wildman–Crippen LogP) is 7.71. The van der Waals surface area contributed by atoms with Crippen LogP contribution in [-0.4, -0.2) is 0 Å². The molecule has 41 heavy (non-hydrogen) atoms. The van der Waals surface area contributed by atoms with Crippen LogP contribution in [0.25, 0.3) is 11.1 Å². The first kappa shape index (κ1) is 29.9. The number of hydrogen-bond acceptors (Lipinski definition) is 0. The summed E-state index contributed by atoms with van der Waals surface area (Å²) in [6.45, 7) is 0. The fourth-order valence-electron chi connectivity index (χ4n) is 5.25. The smallest absolute Gasteiger partial charge is 0.0620 e. The third kappa shape index (κ3) is 7.46. The molecule has 0 heterocycles. The molecule has 6 rings (SSSR count). The number of hydrogen-bond donors (Lipinski definition) is 0. The van der Waals surface area contributed by atoms with E-state index in [4.69, 9.17) is 18.8 Å². The van der Waals surface area contributed by atoms with E-state index in [0.717, 1.165) is 0 Å². The summed E-state index contributed by atoms with van der Waals surface area (Å²) in [7, 11) is 7.32. The molecule has 0 bridgehead atoms. The van der Waals surface area contributed by atoms with Crippen LogP contribution in [-0.2, 0) is 16.5 Å². The van der Waals surface area contributed by atoms with Crippen LogP contribution in [0.4, 0.5) is 0 Å². The molecule has 0 radical (unpaired) electrons. The van der Waals surface area contributed by atoms with Gasteiger partial charge < -0.3 is 0 Å². The van der Waals surface area contributed by atoms with Crippen molar-refractivity contribution in [1.82, 2.24) is 0 Å². The summed E-state index contributed by atoms with van der Waals surface area (Å²) in [5.74, 6) is 0. The van der Waals surface area contributed by atoms with Gasteiger partial charge in [0.25, 0.3) is 0 Å². The van der Waals surface area contributed by atoms with Gasteiger partial charge in [-0.2, -0.15) is 0 Å². The van der Waals surface area contributed by atoms with Crippen molar-refractivity contribution in [3.8, 4) is 11.1 Å². The standard InChI is InChI=1S/C36H28P2.2ClH.Pt/c1-5-17-29(18-6-1)37(30-19-7-2-8-20-30)35-27-15-13-25-33(35)34-26-14-16-28-36(34)38(31-21-9-3-10-22-31)32-23-11-4-12-24-32;;;/h1-28H;2*1H;/q;;;+2. The zero-order valence-corrected chi connectivity index (χ0v) is 28.0. The molecule has 206 valence electrons. The number of rotatable bonds is 7. The molecule has 0 fully saturated rings. The maximum Gasteiger partial charge on any atom is 0.110 e. The van der Waals surface area contributed by atoms with E-state index in [1.54, 1.807) is 0 Å². The summed E-state index contributed by atoms with van der Waals surface area (Å²) in [5, 5.41) is 8.50. The molecule has 0 nitrogen and oxygen atoms in total. The second-order valence-corrected chi connectivity index (χ2v) is 17.5. The molecule has 6 aromatic rings. The van der Waals surface area contributed by atoms with Crippen molar-refractivity contribution >= 4 is 66.5 Å². The van der Waals surface area contributed by atoms with Gasteiger partial charge in [0.1, 0.15) is 31.8 Å². The Labute approximate surface area is 262 Å². The number of halogens is 2. The van der Waals surface area contributed by atoms with Crippen LogP contribution in [0.15, 0.2) is 170 Å². The van der Waals surface area contributed by atoms with E-state index in [2.05, 4.69) is 170 Å². The van der Waals surface area contributed by atoms with E-state index in [9.17, 15) is 0 Å². The normalized spacial score (nSPS) is 10.8. The van der Waals surface area contributed by atoms with Gasteiger partial charge in [-0.25, -0.2) is 0 Å². The molecule has 6 aromatic carbocycles. The topological polar surface area (TPSA) is 0 Å². The van der Waals surface area contributed by atoms with Crippen LogP contribution in [0.3, 0.4) is 0 Å². The first-order valence-electron chi connectivity index (χ1n) is 13.3. The minimum Gasteiger partial charge on any atom is -0.0620 e. The summed E-state index contributed by atoms with van der Waals surface area (Å²) in [6.07, 6.45) is 0. The minimum atomic E-state index is -1.21. The molecule has 0 aromatic heterocycles. The molecule has 0 N–H and O–H groups in total. The first-order valence-corrected chi connectivity index (χ1v) is 21.9. The second-order valence-electron chi connectivity index (χ2n) is 9.35. The molecule has 0 unspecified atom stereocenters. The van der Waals surface area contributed by atoms with E-state index in [1.807, 2.05) is 0 Å². The molecule has 0 aliphatic rings. The van der Waals surface area contributed by atoms with Crippen molar-refractivity contribution in [1.29, 1.82) is 0 Å². The monoisotopic (exact) mass is 789 g/mol. The maximum absolute atomic E-state index is 4.88. The van der Waals surface area contributed by atoms with Gasteiger partial charge >= 0.3 is 35.3 Å². The van der Waals surface area contributed by atoms with E-state index in [1.165, 1.54) is 43.0 Å². The largest absolute Gasteiger partial charge is 0.110 e. The van der Waals surface area contributed by atoms with Crippen LogP contribution in [0.2, 0.25) is 0 Å². The van der Waals surface area contributed by atoms with Gasteiger partial charge in [-0.15, -0.1) is 0 Å². The summed E-state index contributed by atoms with van der Waals surface area (Å²) in [5.41, 5.74) is 2.69. The summed E-state index contributed by atoms with van der Waals surface area (Å²) in [4.78, 5) is 0. The average Bonchev–Trinajstić information content (AvgIpc) is 3.04. The molecule has 5 heteroatoms. The molecule has 0 aliphatic heterocycles. The Bertz CT molecular complexity index is 1430. The Morgan fingerprint density at radius 2 is 0.537 bits per heavy atom. The molecule has 0 atom stereocenters. The van der Waals surface area contributed by atoms with Gasteiger partial charge in [-0.05, 0) is 60.7 Å². The van der Waals surface area contributed by atoms with Gasteiger partial charge in [0.15, 0.2) is 0 Å². The van der Waals surface area contributed by atoms with E-state index in [-0.39, 0.29) is 0 Å². The van der Waals surface area contributed by atoms with Crippen molar-refractivity contribution in [2.75, 3.05) is 0 Å². The Morgan fingerprint density at radius 3 is 0.805 bits per heavy atom. The van der Waals surface area contributed by atoms with Crippen LogP contribution in [0.1, 0.15) is 0 Å². The fraction of sp³-hybridized carbons (Fsp3) is 0. The number of benzene rings is 6. The van der Waals surface area contributed by atoms with Gasteiger partial charge in [-0.1, -0.05) is 109 Å². The first-order chi connectivity index (χ1) is 20.3. The third-order valence-corrected chi connectivity index (χ3v) is 12.5. The molecule has 0 aliphatic carbocycles. The van der Waals surface area contributed by atoms with Gasteiger partial charge in [0.05, 0.1) is 15.8 Å². The van der Waals surface area contributed by atoms with Crippen molar-refractivity contribution < 1.29 is 16.5 Å². The molecular formula is C36H30Cl2P2Pt+2. The molecule has 0 saturated heterocycles. The second kappa shape index (κ2) is 15.6. The van der Waals surface area contributed by atoms with Crippen molar-refractivity contribution in [3.63, 3.8) is 0 Å². The van der Waals surface area contributed by atoms with Crippen molar-refractivity contribution in [2.24, 2.45) is 0 Å². The molecule has 0 amide bonds. The Morgan fingerprint density at radius 1 is 0.317 bits per heavy atom. The third-order valence-electron chi connectivity index (χ3n) is 6.93. The van der Waals surface area contributed by atoms with Crippen LogP contribution in [0.5, 0.6) is 0 Å². The molecule has 0 saturated carbocycles. The Balaban J connectivity index is 0.00000108. The zero-order valence-electron chi connectivity index (χ0n) is 22.2. The summed E-state index contributed by atoms with van der Waals surface area (Å²) in [6, 6.07) is 62.4. The summed E-state index contributed by atoms with van der Waals surface area (Å²) >= 11 is -0.472. The van der Waals surface area contributed by atoms with E-state index >= 15 is 0 Å². The molecular weight excluding hydrogens is 760 g/mol. The predicted molar refractivity (Wildman–Crippen MR) is 184 cm³/mol. The maximum atomic E-state index is 4.88. The van der Waals surface area contributed by atoms with Gasteiger partial charge in [-0.3, -0.25) is 0 Å². The van der Waals surface area contributed by atoms with E-state index < -0.39 is 32.3 Å². The minimum absolute atomic E-state index is 0.472. The summed E-state index contributed by atoms with van der Waals surface area (Å²) < 4.78 is 0. The van der Waals surface area contributed by atoms with E-state index in [0.29, 0.717) is 0 Å². The fourth-order valence-corrected chi connectivity index (χ4v) is 10.8. The average molecular weight is 791 g/mol. The van der Waals surface area contributed by atoms with Gasteiger partial charge in [0.2, 0.25) is 0 Å². The van der Waals surface area contributed by atoms with Crippen molar-refractivity contribution in [3.05, 3.63) is 170 Å². The zero-order chi connectivity index (χ0) is 28.3. The molecule has 0 spiro atoms. The van der Waals surface area contributed by atoms with Gasteiger partial charge in [0, 0.05) is 11.1 Å². The Kier molecular flexibility index (Phi) is 11.4. The van der Waals surface area contributed by atoms with Crippen LogP contribution < -0.4 is 31.8 Å². The van der Waals surface area contributed by atoms with Crippen molar-refractivity contribution in [2.45, 2.75) is 0 Å². The van der Waals surface area contributed by atoms with Crippen LogP contribution >= 0.6 is 34.7 Å². The SMILES string of the molecule is [Cl][Pt][Cl].c1ccc([PH+](c2ccccc2)c2ccccc2-c2ccccc2[PH+](c2ccccc2)c2ccccc2)cc1. The Hall–Kier alpha value is -2.55. The quantitative estimate of drug-likeness (QED) is 0.146.